The van der Waals surface area contributed by atoms with Gasteiger partial charge < -0.3 is 10.4 Å². The molecule has 2 aromatic rings. The van der Waals surface area contributed by atoms with Crippen molar-refractivity contribution in [3.63, 3.8) is 0 Å². The van der Waals surface area contributed by atoms with Crippen molar-refractivity contribution < 1.29 is 24.3 Å². The highest BCUT2D eigenvalue weighted by Gasteiger charge is 2.40. The van der Waals surface area contributed by atoms with Crippen molar-refractivity contribution >= 4 is 58.0 Å². The molecule has 0 aliphatic carbocycles. The van der Waals surface area contributed by atoms with E-state index in [4.69, 9.17) is 16.7 Å². The maximum Gasteiger partial charge on any atom is 0.336 e. The third kappa shape index (κ3) is 4.36. The number of aliphatic carboxylic acids is 1. The Kier molecular flexibility index (Phi) is 6.09. The van der Waals surface area contributed by atoms with E-state index >= 15 is 0 Å². The number of aliphatic imine (C=N–C) groups is 1. The van der Waals surface area contributed by atoms with E-state index in [0.29, 0.717) is 22.0 Å². The number of carbonyl (C=O) groups excluding carboxylic acids is 3. The van der Waals surface area contributed by atoms with Gasteiger partial charge in [-0.25, -0.2) is 9.79 Å². The van der Waals surface area contributed by atoms with Gasteiger partial charge in [0.25, 0.3) is 11.7 Å². The molecule has 2 amide bonds. The van der Waals surface area contributed by atoms with Crippen molar-refractivity contribution in [3.05, 3.63) is 51.2 Å². The van der Waals surface area contributed by atoms with Crippen LogP contribution in [0.25, 0.3) is 0 Å². The Morgan fingerprint density at radius 1 is 1.28 bits per heavy atom. The zero-order valence-electron chi connectivity index (χ0n) is 15.2. The summed E-state index contributed by atoms with van der Waals surface area (Å²) in [5, 5.41) is 14.2. The van der Waals surface area contributed by atoms with Gasteiger partial charge in [-0.15, -0.1) is 11.3 Å². The molecule has 2 heterocycles. The number of rotatable bonds is 6. The minimum Gasteiger partial charge on any atom is -0.479 e. The van der Waals surface area contributed by atoms with Crippen molar-refractivity contribution in [1.82, 2.24) is 4.90 Å². The van der Waals surface area contributed by atoms with Gasteiger partial charge in [-0.1, -0.05) is 29.8 Å². The van der Waals surface area contributed by atoms with Gasteiger partial charge in [0.15, 0.2) is 5.84 Å². The van der Waals surface area contributed by atoms with Crippen LogP contribution in [0.2, 0.25) is 5.02 Å². The molecule has 1 unspecified atom stereocenters. The van der Waals surface area contributed by atoms with E-state index in [1.807, 2.05) is 12.1 Å². The van der Waals surface area contributed by atoms with Crippen LogP contribution in [0.15, 0.2) is 40.7 Å². The molecule has 29 heavy (non-hydrogen) atoms. The molecule has 0 bridgehead atoms. The highest BCUT2D eigenvalue weighted by molar-refractivity contribution is 7.12. The van der Waals surface area contributed by atoms with Gasteiger partial charge in [-0.3, -0.25) is 19.3 Å². The third-order valence-corrected chi connectivity index (χ3v) is 5.57. The Morgan fingerprint density at radius 2 is 2.00 bits per heavy atom. The zero-order valence-corrected chi connectivity index (χ0v) is 16.8. The number of thiophene rings is 1. The molecule has 8 nitrogen and oxygen atoms in total. The first kappa shape index (κ1) is 20.7. The quantitative estimate of drug-likeness (QED) is 0.535. The number of benzene rings is 1. The number of carboxylic acids is 1. The lowest BCUT2D eigenvalue weighted by Crippen LogP contribution is -2.50. The van der Waals surface area contributed by atoms with E-state index < -0.39 is 23.7 Å². The van der Waals surface area contributed by atoms with E-state index in [9.17, 15) is 19.2 Å². The van der Waals surface area contributed by atoms with E-state index in [0.717, 1.165) is 10.5 Å². The molecule has 1 aromatic carbocycles. The number of nitrogens with zero attached hydrogens (tertiary/aromatic N) is 2. The van der Waals surface area contributed by atoms with Crippen LogP contribution in [0.5, 0.6) is 0 Å². The second-order valence-electron chi connectivity index (χ2n) is 6.22. The van der Waals surface area contributed by atoms with Crippen molar-refractivity contribution in [1.29, 1.82) is 0 Å². The molecule has 3 rings (SSSR count). The van der Waals surface area contributed by atoms with Crippen LogP contribution < -0.4 is 5.32 Å². The molecular formula is C19H16ClN3O5S. The first-order valence-corrected chi connectivity index (χ1v) is 9.79. The maximum absolute atomic E-state index is 12.4. The van der Waals surface area contributed by atoms with Crippen molar-refractivity contribution in [2.75, 3.05) is 12.4 Å². The fourth-order valence-electron chi connectivity index (χ4n) is 2.77. The number of carboxylic acid groups (broad SMARTS) is 1. The summed E-state index contributed by atoms with van der Waals surface area (Å²) in [4.78, 5) is 52.9. The van der Waals surface area contributed by atoms with Crippen LogP contribution in [0, 0.1) is 0 Å². The summed E-state index contributed by atoms with van der Waals surface area (Å²) in [5.41, 5.74) is 1.23. The lowest BCUT2D eigenvalue weighted by atomic mass is 10.1. The van der Waals surface area contributed by atoms with Crippen LogP contribution in [0.4, 0.5) is 5.69 Å². The Bertz CT molecular complexity index is 1030. The third-order valence-electron chi connectivity index (χ3n) is 4.29. The number of amidine groups is 1. The van der Waals surface area contributed by atoms with Gasteiger partial charge in [0.1, 0.15) is 0 Å². The molecule has 0 radical (unpaired) electrons. The highest BCUT2D eigenvalue weighted by atomic mass is 35.5. The molecule has 2 N–H and O–H groups in total. The maximum atomic E-state index is 12.4. The number of aryl methyl sites for hydroxylation is 1. The summed E-state index contributed by atoms with van der Waals surface area (Å²) in [6, 6.07) is 7.07. The van der Waals surface area contributed by atoms with Gasteiger partial charge in [-0.05, 0) is 29.5 Å². The number of carbonyl (C=O) groups is 4. The number of anilines is 1. The molecular weight excluding hydrogens is 418 g/mol. The molecule has 0 saturated heterocycles. The highest BCUT2D eigenvalue weighted by Crippen LogP contribution is 2.27. The standard InChI is InChI=1S/C19H16ClN3O5S/c1-23-17(22-14(19(27)28)15(25)18(23)26)16-12(8-9-29-16)21-13(24)7-6-10-4-2-3-5-11(10)20/h2-5,8-9,14H,6-7H2,1H3,(H,21,24)(H,27,28). The summed E-state index contributed by atoms with van der Waals surface area (Å²) in [6.45, 7) is 0. The summed E-state index contributed by atoms with van der Waals surface area (Å²) < 4.78 is 0. The first-order chi connectivity index (χ1) is 13.8. The fourth-order valence-corrected chi connectivity index (χ4v) is 3.88. The number of ketones is 1. The van der Waals surface area contributed by atoms with Crippen LogP contribution in [-0.4, -0.2) is 52.5 Å². The average Bonchev–Trinajstić information content (AvgIpc) is 3.13. The van der Waals surface area contributed by atoms with E-state index in [2.05, 4.69) is 10.3 Å². The first-order valence-electron chi connectivity index (χ1n) is 8.53. The number of likely N-dealkylation sites (N-methyl/N-ethyl adjacent to an activating group) is 1. The van der Waals surface area contributed by atoms with Gasteiger partial charge >= 0.3 is 5.97 Å². The van der Waals surface area contributed by atoms with E-state index in [1.54, 1.807) is 23.6 Å². The molecule has 10 heteroatoms. The Labute approximate surface area is 174 Å². The van der Waals surface area contributed by atoms with Gasteiger partial charge in [0, 0.05) is 18.5 Å². The largest absolute Gasteiger partial charge is 0.479 e. The predicted molar refractivity (Wildman–Crippen MR) is 108 cm³/mol. The molecule has 1 aliphatic rings. The van der Waals surface area contributed by atoms with Gasteiger partial charge in [0.2, 0.25) is 11.9 Å². The van der Waals surface area contributed by atoms with Crippen LogP contribution in [-0.2, 0) is 25.6 Å². The second kappa shape index (κ2) is 8.54. The minimum atomic E-state index is -1.79. The minimum absolute atomic E-state index is 0.0263. The number of hydrogen-bond acceptors (Lipinski definition) is 6. The molecule has 1 aromatic heterocycles. The van der Waals surface area contributed by atoms with Crippen LogP contribution in [0.3, 0.4) is 0 Å². The van der Waals surface area contributed by atoms with Gasteiger partial charge in [0.05, 0.1) is 10.6 Å². The number of Topliss-reactive ketones (excluding diaryl/α,β-unsaturated/α-hetero) is 1. The molecule has 1 atom stereocenters. The molecule has 0 fully saturated rings. The normalized spacial score (nSPS) is 16.6. The van der Waals surface area contributed by atoms with E-state index in [1.165, 1.54) is 18.4 Å². The number of halogens is 1. The van der Waals surface area contributed by atoms with Crippen molar-refractivity contribution in [3.8, 4) is 0 Å². The van der Waals surface area contributed by atoms with Gasteiger partial charge in [-0.2, -0.15) is 0 Å². The Morgan fingerprint density at radius 3 is 2.69 bits per heavy atom. The van der Waals surface area contributed by atoms with E-state index in [-0.39, 0.29) is 18.2 Å². The second-order valence-corrected chi connectivity index (χ2v) is 7.55. The number of nitrogens with one attached hydrogen (secondary N) is 1. The fraction of sp³-hybridized carbons (Fsp3) is 0.211. The molecule has 1 aliphatic heterocycles. The monoisotopic (exact) mass is 433 g/mol. The summed E-state index contributed by atoms with van der Waals surface area (Å²) >= 11 is 7.27. The molecule has 0 spiro atoms. The number of amides is 2. The molecule has 0 saturated carbocycles. The smallest absolute Gasteiger partial charge is 0.336 e. The van der Waals surface area contributed by atoms with Crippen LogP contribution >= 0.6 is 22.9 Å². The number of hydrogen-bond donors (Lipinski definition) is 2. The summed E-state index contributed by atoms with van der Waals surface area (Å²) in [7, 11) is 1.33. The SMILES string of the molecule is CN1C(=O)C(=O)C(C(=O)O)N=C1c1sccc1NC(=O)CCc1ccccc1Cl. The molecule has 150 valence electrons. The Hall–Kier alpha value is -3.04. The van der Waals surface area contributed by atoms with Crippen LogP contribution in [0.1, 0.15) is 16.9 Å². The van der Waals surface area contributed by atoms with Crippen molar-refractivity contribution in [2.45, 2.75) is 18.9 Å². The van der Waals surface area contributed by atoms with Crippen molar-refractivity contribution in [2.24, 2.45) is 4.99 Å². The lowest BCUT2D eigenvalue weighted by molar-refractivity contribution is -0.149. The lowest BCUT2D eigenvalue weighted by Gasteiger charge is -2.25. The average molecular weight is 434 g/mol. The summed E-state index contributed by atoms with van der Waals surface area (Å²) in [5.74, 6) is -3.83. The Balaban J connectivity index is 1.78. The zero-order chi connectivity index (χ0) is 21.1. The topological polar surface area (TPSA) is 116 Å². The summed E-state index contributed by atoms with van der Waals surface area (Å²) in [6.07, 6.45) is 0.621. The predicted octanol–water partition coefficient (Wildman–Crippen LogP) is 2.21.